The summed E-state index contributed by atoms with van der Waals surface area (Å²) >= 11 is 0. The van der Waals surface area contributed by atoms with Gasteiger partial charge in [-0.1, -0.05) is 0 Å². The first-order valence-corrected chi connectivity index (χ1v) is 5.03. The molecule has 86 valence electrons. The number of anilines is 1. The van der Waals surface area contributed by atoms with Crippen LogP contribution >= 0.6 is 0 Å². The van der Waals surface area contributed by atoms with Gasteiger partial charge in [0.05, 0.1) is 0 Å². The predicted molar refractivity (Wildman–Crippen MR) is 60.5 cm³/mol. The lowest BCUT2D eigenvalue weighted by Crippen LogP contribution is -2.26. The lowest BCUT2D eigenvalue weighted by Gasteiger charge is -2.12. The van der Waals surface area contributed by atoms with Crippen molar-refractivity contribution in [1.29, 1.82) is 0 Å². The van der Waals surface area contributed by atoms with Gasteiger partial charge in [0, 0.05) is 18.7 Å². The van der Waals surface area contributed by atoms with Crippen molar-refractivity contribution in [2.75, 3.05) is 11.9 Å². The molecule has 0 amide bonds. The molecule has 0 spiro atoms. The highest BCUT2D eigenvalue weighted by molar-refractivity contribution is 5.50. The molecule has 0 aliphatic heterocycles. The van der Waals surface area contributed by atoms with Crippen molar-refractivity contribution >= 4 is 11.5 Å². The highest BCUT2D eigenvalue weighted by Crippen LogP contribution is 2.08. The summed E-state index contributed by atoms with van der Waals surface area (Å²) in [6.07, 6.45) is 0. The van der Waals surface area contributed by atoms with Crippen LogP contribution in [-0.4, -0.2) is 32.2 Å². The largest absolute Gasteiger partial charge is 0.366 e. The van der Waals surface area contributed by atoms with Gasteiger partial charge in [0.25, 0.3) is 0 Å². The number of nitrogens with two attached hydrogens (primary N) is 1. The minimum Gasteiger partial charge on any atom is -0.366 e. The third kappa shape index (κ3) is 1.76. The van der Waals surface area contributed by atoms with E-state index in [-0.39, 0.29) is 11.7 Å². The Kier molecular flexibility index (Phi) is 2.61. The molecule has 4 N–H and O–H groups in total. The lowest BCUT2D eigenvalue weighted by atomic mass is 10.3. The van der Waals surface area contributed by atoms with Crippen LogP contribution in [0.4, 0.5) is 5.82 Å². The first kappa shape index (κ1) is 10.6. The van der Waals surface area contributed by atoms with E-state index >= 15 is 0 Å². The molecule has 0 saturated heterocycles. The number of fused-ring (bicyclic) bond motifs is 1. The van der Waals surface area contributed by atoms with Gasteiger partial charge in [-0.2, -0.15) is 5.10 Å². The molecule has 0 radical (unpaired) electrons. The smallest absolute Gasteiger partial charge is 0.349 e. The molecule has 16 heavy (non-hydrogen) atoms. The second-order valence-electron chi connectivity index (χ2n) is 3.69. The van der Waals surface area contributed by atoms with E-state index in [0.29, 0.717) is 23.8 Å². The van der Waals surface area contributed by atoms with Crippen LogP contribution in [0.3, 0.4) is 0 Å². The molecule has 0 saturated carbocycles. The van der Waals surface area contributed by atoms with Gasteiger partial charge in [-0.15, -0.1) is 0 Å². The van der Waals surface area contributed by atoms with E-state index in [1.165, 1.54) is 4.40 Å². The number of nitrogens with zero attached hydrogens (tertiary/aromatic N) is 3. The fourth-order valence-corrected chi connectivity index (χ4v) is 1.48. The van der Waals surface area contributed by atoms with E-state index in [1.807, 2.05) is 6.92 Å². The standard InChI is InChI=1S/C9H14N6O/c1-5(4-10)11-7-3-8-13-14-9(16)15(8)6(2)12-7/h3,5,11H,4,10H2,1-2H3,(H,14,16). The molecular formula is C9H14N6O. The highest BCUT2D eigenvalue weighted by Gasteiger charge is 2.07. The van der Waals surface area contributed by atoms with Crippen LogP contribution in [0, 0.1) is 6.92 Å². The minimum absolute atomic E-state index is 0.125. The number of aromatic amines is 1. The third-order valence-electron chi connectivity index (χ3n) is 2.32. The van der Waals surface area contributed by atoms with Gasteiger partial charge in [0.15, 0.2) is 5.65 Å². The Morgan fingerprint density at radius 1 is 1.69 bits per heavy atom. The molecule has 1 atom stereocenters. The Morgan fingerprint density at radius 3 is 3.12 bits per heavy atom. The molecule has 1 unspecified atom stereocenters. The zero-order chi connectivity index (χ0) is 11.7. The van der Waals surface area contributed by atoms with E-state index < -0.39 is 0 Å². The molecule has 2 aromatic rings. The Labute approximate surface area is 91.7 Å². The molecule has 2 heterocycles. The maximum atomic E-state index is 11.4. The van der Waals surface area contributed by atoms with Crippen molar-refractivity contribution in [1.82, 2.24) is 19.6 Å². The Hall–Kier alpha value is -1.89. The van der Waals surface area contributed by atoms with Gasteiger partial charge >= 0.3 is 5.69 Å². The number of H-pyrrole nitrogens is 1. The van der Waals surface area contributed by atoms with Crippen molar-refractivity contribution in [3.63, 3.8) is 0 Å². The van der Waals surface area contributed by atoms with Crippen LogP contribution in [0.5, 0.6) is 0 Å². The van der Waals surface area contributed by atoms with E-state index in [4.69, 9.17) is 5.73 Å². The summed E-state index contributed by atoms with van der Waals surface area (Å²) in [4.78, 5) is 15.6. The zero-order valence-electron chi connectivity index (χ0n) is 9.19. The second-order valence-corrected chi connectivity index (χ2v) is 3.69. The summed E-state index contributed by atoms with van der Waals surface area (Å²) in [7, 11) is 0. The SMILES string of the molecule is Cc1nc(NC(C)CN)cc2n[nH]c(=O)n12. The topological polar surface area (TPSA) is 101 Å². The first-order valence-electron chi connectivity index (χ1n) is 5.03. The zero-order valence-corrected chi connectivity index (χ0v) is 9.19. The van der Waals surface area contributed by atoms with Crippen LogP contribution in [0.1, 0.15) is 12.7 Å². The molecule has 0 bridgehead atoms. The highest BCUT2D eigenvalue weighted by atomic mass is 16.1. The monoisotopic (exact) mass is 222 g/mol. The maximum absolute atomic E-state index is 11.4. The van der Waals surface area contributed by atoms with Crippen molar-refractivity contribution in [3.8, 4) is 0 Å². The summed E-state index contributed by atoms with van der Waals surface area (Å²) in [5.74, 6) is 1.25. The van der Waals surface area contributed by atoms with E-state index in [2.05, 4.69) is 20.5 Å². The number of hydrogen-bond donors (Lipinski definition) is 3. The Morgan fingerprint density at radius 2 is 2.44 bits per heavy atom. The lowest BCUT2D eigenvalue weighted by molar-refractivity contribution is 0.793. The van der Waals surface area contributed by atoms with Crippen molar-refractivity contribution in [2.45, 2.75) is 19.9 Å². The average molecular weight is 222 g/mol. The van der Waals surface area contributed by atoms with Gasteiger partial charge in [-0.25, -0.2) is 19.3 Å². The summed E-state index contributed by atoms with van der Waals surface area (Å²) in [6.45, 7) is 4.22. The molecule has 2 aromatic heterocycles. The number of aryl methyl sites for hydroxylation is 1. The Balaban J connectivity index is 2.46. The number of nitrogens with one attached hydrogen (secondary N) is 2. The fraction of sp³-hybridized carbons (Fsp3) is 0.444. The summed E-state index contributed by atoms with van der Waals surface area (Å²) in [6, 6.07) is 1.83. The summed E-state index contributed by atoms with van der Waals surface area (Å²) in [5.41, 5.74) is 5.77. The molecule has 0 fully saturated rings. The third-order valence-corrected chi connectivity index (χ3v) is 2.32. The number of aromatic nitrogens is 4. The Bertz CT molecular complexity index is 557. The van der Waals surface area contributed by atoms with E-state index in [0.717, 1.165) is 0 Å². The molecular weight excluding hydrogens is 208 g/mol. The second kappa shape index (κ2) is 3.93. The van der Waals surface area contributed by atoms with Crippen molar-refractivity contribution in [2.24, 2.45) is 5.73 Å². The quantitative estimate of drug-likeness (QED) is 0.649. The molecule has 7 nitrogen and oxygen atoms in total. The number of hydrogen-bond acceptors (Lipinski definition) is 5. The van der Waals surface area contributed by atoms with E-state index in [1.54, 1.807) is 13.0 Å². The van der Waals surface area contributed by atoms with E-state index in [9.17, 15) is 4.79 Å². The maximum Gasteiger partial charge on any atom is 0.349 e. The first-order chi connectivity index (χ1) is 7.61. The summed E-state index contributed by atoms with van der Waals surface area (Å²) in [5, 5.41) is 9.39. The molecule has 0 aromatic carbocycles. The molecule has 7 heteroatoms. The predicted octanol–water partition coefficient (Wildman–Crippen LogP) is -0.515. The van der Waals surface area contributed by atoms with Gasteiger partial charge in [-0.05, 0) is 13.8 Å². The van der Waals surface area contributed by atoms with Crippen LogP contribution in [0.25, 0.3) is 5.65 Å². The van der Waals surface area contributed by atoms with Gasteiger partial charge in [0.2, 0.25) is 0 Å². The van der Waals surface area contributed by atoms with Crippen molar-refractivity contribution in [3.05, 3.63) is 22.4 Å². The molecule has 2 rings (SSSR count). The fourth-order valence-electron chi connectivity index (χ4n) is 1.48. The average Bonchev–Trinajstić information content (AvgIpc) is 2.60. The normalized spacial score (nSPS) is 12.9. The molecule has 0 aliphatic rings. The van der Waals surface area contributed by atoms with Crippen LogP contribution in [-0.2, 0) is 0 Å². The summed E-state index contributed by atoms with van der Waals surface area (Å²) < 4.78 is 1.41. The van der Waals surface area contributed by atoms with Crippen molar-refractivity contribution < 1.29 is 0 Å². The number of rotatable bonds is 3. The van der Waals surface area contributed by atoms with Crippen LogP contribution in [0.2, 0.25) is 0 Å². The molecule has 0 aliphatic carbocycles. The van der Waals surface area contributed by atoms with Crippen LogP contribution in [0.15, 0.2) is 10.9 Å². The van der Waals surface area contributed by atoms with Gasteiger partial charge in [0.1, 0.15) is 11.6 Å². The van der Waals surface area contributed by atoms with Gasteiger partial charge < -0.3 is 11.1 Å². The van der Waals surface area contributed by atoms with Crippen LogP contribution < -0.4 is 16.7 Å². The minimum atomic E-state index is -0.279. The van der Waals surface area contributed by atoms with Gasteiger partial charge in [-0.3, -0.25) is 0 Å².